The molecule has 2 N–H and O–H groups in total. The maximum atomic E-state index is 12.2. The van der Waals surface area contributed by atoms with Gasteiger partial charge in [0.25, 0.3) is 5.56 Å². The lowest BCUT2D eigenvalue weighted by atomic mass is 10.1. The number of rotatable bonds is 3. The standard InChI is InChI=1S/C17H15ClN2O/c18-15-9-12(10-19)5-6-14(15)11-20-16-4-2-1-3-13(16)7-8-17(20)21/h1-9H,10-11,19H2. The first kappa shape index (κ1) is 13.9. The fourth-order valence-electron chi connectivity index (χ4n) is 2.42. The average molecular weight is 299 g/mol. The number of halogens is 1. The van der Waals surface area contributed by atoms with Crippen molar-refractivity contribution in [2.75, 3.05) is 0 Å². The highest BCUT2D eigenvalue weighted by Crippen LogP contribution is 2.20. The molecule has 3 aromatic rings. The molecule has 0 aliphatic rings. The number of benzene rings is 2. The maximum absolute atomic E-state index is 12.2. The summed E-state index contributed by atoms with van der Waals surface area (Å²) in [4.78, 5) is 12.2. The van der Waals surface area contributed by atoms with Gasteiger partial charge in [0, 0.05) is 17.6 Å². The van der Waals surface area contributed by atoms with Gasteiger partial charge >= 0.3 is 0 Å². The second-order valence-electron chi connectivity index (χ2n) is 4.95. The Bertz CT molecular complexity index is 855. The van der Waals surface area contributed by atoms with Gasteiger partial charge in [0.2, 0.25) is 0 Å². The van der Waals surface area contributed by atoms with Crippen LogP contribution in [0.15, 0.2) is 59.4 Å². The summed E-state index contributed by atoms with van der Waals surface area (Å²) in [7, 11) is 0. The van der Waals surface area contributed by atoms with E-state index < -0.39 is 0 Å². The number of nitrogens with zero attached hydrogens (tertiary/aromatic N) is 1. The highest BCUT2D eigenvalue weighted by atomic mass is 35.5. The van der Waals surface area contributed by atoms with Gasteiger partial charge in [-0.3, -0.25) is 4.79 Å². The van der Waals surface area contributed by atoms with Crippen LogP contribution in [-0.2, 0) is 13.1 Å². The topological polar surface area (TPSA) is 48.0 Å². The highest BCUT2D eigenvalue weighted by Gasteiger charge is 2.07. The van der Waals surface area contributed by atoms with Crippen LogP contribution in [0.3, 0.4) is 0 Å². The SMILES string of the molecule is NCc1ccc(Cn2c(=O)ccc3ccccc32)c(Cl)c1. The summed E-state index contributed by atoms with van der Waals surface area (Å²) in [6.45, 7) is 0.901. The number of para-hydroxylation sites is 1. The number of aromatic nitrogens is 1. The Morgan fingerprint density at radius 3 is 2.62 bits per heavy atom. The van der Waals surface area contributed by atoms with Gasteiger partial charge in [-0.15, -0.1) is 0 Å². The molecule has 0 saturated heterocycles. The summed E-state index contributed by atoms with van der Waals surface area (Å²) in [6.07, 6.45) is 0. The van der Waals surface area contributed by atoms with Crippen molar-refractivity contribution in [3.05, 3.63) is 81.1 Å². The van der Waals surface area contributed by atoms with Gasteiger partial charge in [-0.05, 0) is 34.7 Å². The molecule has 3 rings (SSSR count). The van der Waals surface area contributed by atoms with Crippen LogP contribution in [0.1, 0.15) is 11.1 Å². The summed E-state index contributed by atoms with van der Waals surface area (Å²) < 4.78 is 1.73. The molecule has 4 heteroatoms. The summed E-state index contributed by atoms with van der Waals surface area (Å²) in [5.41, 5.74) is 8.37. The fraction of sp³-hybridized carbons (Fsp3) is 0.118. The molecular formula is C17H15ClN2O. The minimum atomic E-state index is -0.0346. The molecule has 0 spiro atoms. The molecule has 0 saturated carbocycles. The van der Waals surface area contributed by atoms with Crippen molar-refractivity contribution in [3.63, 3.8) is 0 Å². The van der Waals surface area contributed by atoms with E-state index in [-0.39, 0.29) is 5.56 Å². The van der Waals surface area contributed by atoms with Crippen LogP contribution in [0, 0.1) is 0 Å². The quantitative estimate of drug-likeness (QED) is 0.807. The zero-order valence-electron chi connectivity index (χ0n) is 11.4. The molecule has 2 aromatic carbocycles. The first-order valence-electron chi connectivity index (χ1n) is 6.75. The van der Waals surface area contributed by atoms with Crippen LogP contribution < -0.4 is 11.3 Å². The third kappa shape index (κ3) is 2.71. The molecule has 1 heterocycles. The van der Waals surface area contributed by atoms with Gasteiger partial charge in [0.15, 0.2) is 0 Å². The maximum Gasteiger partial charge on any atom is 0.251 e. The van der Waals surface area contributed by atoms with E-state index in [2.05, 4.69) is 0 Å². The molecule has 0 amide bonds. The summed E-state index contributed by atoms with van der Waals surface area (Å²) in [5, 5.41) is 1.67. The zero-order valence-corrected chi connectivity index (χ0v) is 12.2. The van der Waals surface area contributed by atoms with Crippen molar-refractivity contribution in [1.29, 1.82) is 0 Å². The minimum Gasteiger partial charge on any atom is -0.326 e. The Morgan fingerprint density at radius 2 is 1.86 bits per heavy atom. The summed E-state index contributed by atoms with van der Waals surface area (Å²) >= 11 is 6.29. The predicted octanol–water partition coefficient (Wildman–Crippen LogP) is 3.16. The Morgan fingerprint density at radius 1 is 1.05 bits per heavy atom. The lowest BCUT2D eigenvalue weighted by Crippen LogP contribution is -2.20. The van der Waals surface area contributed by atoms with Gasteiger partial charge in [0.05, 0.1) is 12.1 Å². The predicted molar refractivity (Wildman–Crippen MR) is 86.7 cm³/mol. The number of pyridine rings is 1. The van der Waals surface area contributed by atoms with Crippen molar-refractivity contribution in [3.8, 4) is 0 Å². The van der Waals surface area contributed by atoms with Crippen molar-refractivity contribution in [1.82, 2.24) is 4.57 Å². The monoisotopic (exact) mass is 298 g/mol. The number of hydrogen-bond acceptors (Lipinski definition) is 2. The largest absolute Gasteiger partial charge is 0.326 e. The van der Waals surface area contributed by atoms with Crippen molar-refractivity contribution in [2.45, 2.75) is 13.1 Å². The van der Waals surface area contributed by atoms with Crippen molar-refractivity contribution < 1.29 is 0 Å². The summed E-state index contributed by atoms with van der Waals surface area (Å²) in [5.74, 6) is 0. The average Bonchev–Trinajstić information content (AvgIpc) is 2.51. The van der Waals surface area contributed by atoms with Gasteiger partial charge in [-0.25, -0.2) is 0 Å². The first-order valence-corrected chi connectivity index (χ1v) is 7.13. The minimum absolute atomic E-state index is 0.0346. The van der Waals surface area contributed by atoms with E-state index in [1.54, 1.807) is 10.6 Å². The van der Waals surface area contributed by atoms with Crippen LogP contribution in [0.5, 0.6) is 0 Å². The molecule has 21 heavy (non-hydrogen) atoms. The highest BCUT2D eigenvalue weighted by molar-refractivity contribution is 6.31. The second-order valence-corrected chi connectivity index (χ2v) is 5.35. The molecule has 3 nitrogen and oxygen atoms in total. The second kappa shape index (κ2) is 5.72. The lowest BCUT2D eigenvalue weighted by Gasteiger charge is -2.12. The molecule has 0 radical (unpaired) electrons. The number of fused-ring (bicyclic) bond motifs is 1. The van der Waals surface area contributed by atoms with E-state index in [0.717, 1.165) is 22.0 Å². The normalized spacial score (nSPS) is 11.0. The van der Waals surface area contributed by atoms with Crippen LogP contribution in [-0.4, -0.2) is 4.57 Å². The number of hydrogen-bond donors (Lipinski definition) is 1. The summed E-state index contributed by atoms with van der Waals surface area (Å²) in [6, 6.07) is 17.0. The van der Waals surface area contributed by atoms with E-state index in [4.69, 9.17) is 17.3 Å². The Balaban J connectivity index is 2.10. The third-order valence-electron chi connectivity index (χ3n) is 3.58. The van der Waals surface area contributed by atoms with Crippen LogP contribution >= 0.6 is 11.6 Å². The molecule has 1 aromatic heterocycles. The fourth-order valence-corrected chi connectivity index (χ4v) is 2.69. The molecule has 0 atom stereocenters. The molecule has 0 unspecified atom stereocenters. The van der Waals surface area contributed by atoms with E-state index in [1.807, 2.05) is 48.5 Å². The van der Waals surface area contributed by atoms with E-state index in [9.17, 15) is 4.79 Å². The molecule has 106 valence electrons. The van der Waals surface area contributed by atoms with Gasteiger partial charge in [0.1, 0.15) is 0 Å². The van der Waals surface area contributed by atoms with Crippen LogP contribution in [0.2, 0.25) is 5.02 Å². The van der Waals surface area contributed by atoms with Crippen LogP contribution in [0.25, 0.3) is 10.9 Å². The smallest absolute Gasteiger partial charge is 0.251 e. The number of nitrogens with two attached hydrogens (primary N) is 1. The Labute approximate surface area is 127 Å². The van der Waals surface area contributed by atoms with Crippen molar-refractivity contribution in [2.24, 2.45) is 5.73 Å². The van der Waals surface area contributed by atoms with Gasteiger partial charge in [-0.2, -0.15) is 0 Å². The lowest BCUT2D eigenvalue weighted by molar-refractivity contribution is 0.794. The van der Waals surface area contributed by atoms with Crippen LogP contribution in [0.4, 0.5) is 0 Å². The van der Waals surface area contributed by atoms with Gasteiger partial charge < -0.3 is 10.3 Å². The van der Waals surface area contributed by atoms with E-state index >= 15 is 0 Å². The molecular weight excluding hydrogens is 284 g/mol. The Hall–Kier alpha value is -2.10. The van der Waals surface area contributed by atoms with E-state index in [0.29, 0.717) is 18.1 Å². The Kier molecular flexibility index (Phi) is 3.78. The van der Waals surface area contributed by atoms with Gasteiger partial charge in [-0.1, -0.05) is 41.9 Å². The van der Waals surface area contributed by atoms with Crippen molar-refractivity contribution >= 4 is 22.5 Å². The first-order chi connectivity index (χ1) is 10.2. The molecule has 0 aliphatic heterocycles. The molecule has 0 aliphatic carbocycles. The molecule has 0 bridgehead atoms. The zero-order chi connectivity index (χ0) is 14.8. The third-order valence-corrected chi connectivity index (χ3v) is 3.93. The molecule has 0 fully saturated rings. The van der Waals surface area contributed by atoms with E-state index in [1.165, 1.54) is 0 Å².